The minimum atomic E-state index is 0. The second-order valence-electron chi connectivity index (χ2n) is 5.45. The van der Waals surface area contributed by atoms with Gasteiger partial charge in [0.25, 0.3) is 0 Å². The lowest BCUT2D eigenvalue weighted by molar-refractivity contribution is 0.161. The summed E-state index contributed by atoms with van der Waals surface area (Å²) in [6, 6.07) is 4.28. The van der Waals surface area contributed by atoms with E-state index in [-0.39, 0.29) is 24.0 Å². The van der Waals surface area contributed by atoms with Gasteiger partial charge in [-0.3, -0.25) is 4.99 Å². The molecule has 0 saturated heterocycles. The van der Waals surface area contributed by atoms with Crippen molar-refractivity contribution < 1.29 is 4.74 Å². The van der Waals surface area contributed by atoms with E-state index in [1.807, 2.05) is 7.05 Å². The number of hydrogen-bond acceptors (Lipinski definition) is 4. The van der Waals surface area contributed by atoms with Gasteiger partial charge in [0, 0.05) is 44.6 Å². The lowest BCUT2D eigenvalue weighted by Crippen LogP contribution is -2.40. The maximum absolute atomic E-state index is 5.07. The number of nitrogens with zero attached hydrogens (tertiary/aromatic N) is 2. The lowest BCUT2D eigenvalue weighted by atomic mass is 10.1. The van der Waals surface area contributed by atoms with Crippen LogP contribution >= 0.6 is 35.3 Å². The van der Waals surface area contributed by atoms with Crippen molar-refractivity contribution >= 4 is 41.3 Å². The molecule has 0 saturated carbocycles. The predicted molar refractivity (Wildman–Crippen MR) is 112 cm³/mol. The smallest absolute Gasteiger partial charge is 0.190 e. The molecule has 0 bridgehead atoms. The van der Waals surface area contributed by atoms with Crippen LogP contribution in [-0.4, -0.2) is 64.9 Å². The molecule has 0 radical (unpaired) electrons. The fourth-order valence-electron chi connectivity index (χ4n) is 2.06. The Balaban J connectivity index is 0.00000484. The molecule has 2 N–H and O–H groups in total. The number of methoxy groups -OCH3 is 1. The highest BCUT2D eigenvalue weighted by Crippen LogP contribution is 2.19. The standard InChI is InChI=1S/C16H30N4OS.HI/c1-14(15-7-5-12-22-15)13-19-16(17-2)18-8-6-9-20(3)10-11-21-4;/h5,7,12,14H,6,8-11,13H2,1-4H3,(H2,17,18,19);1H. The molecule has 1 unspecified atom stereocenters. The summed E-state index contributed by atoms with van der Waals surface area (Å²) in [4.78, 5) is 7.96. The van der Waals surface area contributed by atoms with Crippen molar-refractivity contribution in [2.24, 2.45) is 4.99 Å². The SMILES string of the molecule is CN=C(NCCCN(C)CCOC)NCC(C)c1cccs1.I. The summed E-state index contributed by atoms with van der Waals surface area (Å²) in [5.41, 5.74) is 0. The first kappa shape index (κ1) is 22.6. The summed E-state index contributed by atoms with van der Waals surface area (Å²) in [6.45, 7) is 6.86. The van der Waals surface area contributed by atoms with Crippen molar-refractivity contribution in [2.75, 3.05) is 54.0 Å². The Morgan fingerprint density at radius 1 is 1.39 bits per heavy atom. The first-order valence-electron chi connectivity index (χ1n) is 7.82. The Bertz CT molecular complexity index is 414. The van der Waals surface area contributed by atoms with E-state index in [9.17, 15) is 0 Å². The first-order valence-corrected chi connectivity index (χ1v) is 8.70. The van der Waals surface area contributed by atoms with Crippen LogP contribution in [0.25, 0.3) is 0 Å². The molecule has 1 aromatic heterocycles. The van der Waals surface area contributed by atoms with Crippen LogP contribution < -0.4 is 10.6 Å². The highest BCUT2D eigenvalue weighted by atomic mass is 127. The van der Waals surface area contributed by atoms with Crippen LogP contribution in [-0.2, 0) is 4.74 Å². The highest BCUT2D eigenvalue weighted by Gasteiger charge is 2.07. The van der Waals surface area contributed by atoms with Crippen molar-refractivity contribution in [1.29, 1.82) is 0 Å². The third-order valence-corrected chi connectivity index (χ3v) is 4.62. The third-order valence-electron chi connectivity index (χ3n) is 3.51. The number of hydrogen-bond donors (Lipinski definition) is 2. The van der Waals surface area contributed by atoms with Crippen LogP contribution in [0.3, 0.4) is 0 Å². The molecule has 1 heterocycles. The van der Waals surface area contributed by atoms with Crippen LogP contribution in [0.1, 0.15) is 24.1 Å². The van der Waals surface area contributed by atoms with Crippen LogP contribution in [0.4, 0.5) is 0 Å². The van der Waals surface area contributed by atoms with E-state index in [0.29, 0.717) is 5.92 Å². The summed E-state index contributed by atoms with van der Waals surface area (Å²) in [5.74, 6) is 1.38. The molecule has 0 amide bonds. The van der Waals surface area contributed by atoms with Crippen molar-refractivity contribution in [2.45, 2.75) is 19.3 Å². The zero-order valence-corrected chi connectivity index (χ0v) is 17.8. The molecule has 23 heavy (non-hydrogen) atoms. The summed E-state index contributed by atoms with van der Waals surface area (Å²) in [5, 5.41) is 8.88. The molecule has 134 valence electrons. The maximum Gasteiger partial charge on any atom is 0.190 e. The molecule has 1 rings (SSSR count). The second-order valence-corrected chi connectivity index (χ2v) is 6.43. The van der Waals surface area contributed by atoms with Crippen LogP contribution in [0, 0.1) is 0 Å². The van der Waals surface area contributed by atoms with Gasteiger partial charge in [-0.15, -0.1) is 35.3 Å². The monoisotopic (exact) mass is 454 g/mol. The third kappa shape index (κ3) is 10.2. The zero-order chi connectivity index (χ0) is 16.2. The molecule has 0 aliphatic heterocycles. The van der Waals surface area contributed by atoms with Crippen molar-refractivity contribution in [3.8, 4) is 0 Å². The average molecular weight is 454 g/mol. The highest BCUT2D eigenvalue weighted by molar-refractivity contribution is 14.0. The van der Waals surface area contributed by atoms with Gasteiger partial charge < -0.3 is 20.3 Å². The summed E-state index contributed by atoms with van der Waals surface area (Å²) < 4.78 is 5.07. The number of halogens is 1. The minimum Gasteiger partial charge on any atom is -0.383 e. The average Bonchev–Trinajstić information content (AvgIpc) is 3.06. The molecule has 5 nitrogen and oxygen atoms in total. The Morgan fingerprint density at radius 2 is 2.17 bits per heavy atom. The number of aliphatic imine (C=N–C) groups is 1. The predicted octanol–water partition coefficient (Wildman–Crippen LogP) is 2.60. The maximum atomic E-state index is 5.07. The van der Waals surface area contributed by atoms with Gasteiger partial charge in [-0.25, -0.2) is 0 Å². The van der Waals surface area contributed by atoms with Gasteiger partial charge in [-0.2, -0.15) is 0 Å². The molecule has 0 spiro atoms. The molecular weight excluding hydrogens is 423 g/mol. The van der Waals surface area contributed by atoms with Gasteiger partial charge in [-0.1, -0.05) is 13.0 Å². The zero-order valence-electron chi connectivity index (χ0n) is 14.7. The number of rotatable bonds is 10. The molecular formula is C16H31IN4OS. The largest absolute Gasteiger partial charge is 0.383 e. The minimum absolute atomic E-state index is 0. The van der Waals surface area contributed by atoms with E-state index in [2.05, 4.69) is 52.0 Å². The normalized spacial score (nSPS) is 12.8. The molecule has 1 aromatic rings. The van der Waals surface area contributed by atoms with Crippen molar-refractivity contribution in [3.05, 3.63) is 22.4 Å². The fourth-order valence-corrected chi connectivity index (χ4v) is 2.84. The second kappa shape index (κ2) is 14.0. The van der Waals surface area contributed by atoms with Crippen LogP contribution in [0.5, 0.6) is 0 Å². The van der Waals surface area contributed by atoms with Crippen molar-refractivity contribution in [1.82, 2.24) is 15.5 Å². The molecule has 0 aliphatic carbocycles. The number of likely N-dealkylation sites (N-methyl/N-ethyl adjacent to an activating group) is 1. The Kier molecular flexibility index (Phi) is 13.8. The van der Waals surface area contributed by atoms with Gasteiger partial charge >= 0.3 is 0 Å². The first-order chi connectivity index (χ1) is 10.7. The number of thiophene rings is 1. The van der Waals surface area contributed by atoms with Gasteiger partial charge in [0.05, 0.1) is 6.61 Å². The quantitative estimate of drug-likeness (QED) is 0.247. The van der Waals surface area contributed by atoms with E-state index >= 15 is 0 Å². The molecule has 0 aromatic carbocycles. The topological polar surface area (TPSA) is 48.9 Å². The molecule has 0 fully saturated rings. The Labute approximate surface area is 161 Å². The summed E-state index contributed by atoms with van der Waals surface area (Å²) in [6.07, 6.45) is 1.08. The van der Waals surface area contributed by atoms with E-state index in [1.54, 1.807) is 18.4 Å². The van der Waals surface area contributed by atoms with Crippen LogP contribution in [0.15, 0.2) is 22.5 Å². The van der Waals surface area contributed by atoms with Crippen molar-refractivity contribution in [3.63, 3.8) is 0 Å². The number of nitrogens with one attached hydrogen (secondary N) is 2. The molecule has 0 aliphatic rings. The summed E-state index contributed by atoms with van der Waals surface area (Å²) >= 11 is 1.81. The van der Waals surface area contributed by atoms with E-state index < -0.39 is 0 Å². The fraction of sp³-hybridized carbons (Fsp3) is 0.688. The van der Waals surface area contributed by atoms with Gasteiger partial charge in [0.15, 0.2) is 5.96 Å². The summed E-state index contributed by atoms with van der Waals surface area (Å²) in [7, 11) is 5.67. The lowest BCUT2D eigenvalue weighted by Gasteiger charge is -2.18. The Hall–Kier alpha value is -0.380. The molecule has 7 heteroatoms. The van der Waals surface area contributed by atoms with Crippen LogP contribution in [0.2, 0.25) is 0 Å². The van der Waals surface area contributed by atoms with Gasteiger partial charge in [-0.05, 0) is 31.5 Å². The molecule has 1 atom stereocenters. The number of guanidine groups is 1. The number of ether oxygens (including phenoxy) is 1. The van der Waals surface area contributed by atoms with E-state index in [4.69, 9.17) is 4.74 Å². The van der Waals surface area contributed by atoms with E-state index in [0.717, 1.165) is 45.2 Å². The Morgan fingerprint density at radius 3 is 2.78 bits per heavy atom. The van der Waals surface area contributed by atoms with Gasteiger partial charge in [0.2, 0.25) is 0 Å². The van der Waals surface area contributed by atoms with Gasteiger partial charge in [0.1, 0.15) is 0 Å². The van der Waals surface area contributed by atoms with E-state index in [1.165, 1.54) is 4.88 Å².